The van der Waals surface area contributed by atoms with E-state index >= 15 is 0 Å². The Bertz CT molecular complexity index is 443. The number of nitrogens with two attached hydrogens (primary N) is 1. The van der Waals surface area contributed by atoms with Crippen LogP contribution in [0, 0.1) is 0 Å². The first-order valence-corrected chi connectivity index (χ1v) is 6.27. The van der Waals surface area contributed by atoms with Gasteiger partial charge in [0.15, 0.2) is 0 Å². The molecule has 0 radical (unpaired) electrons. The van der Waals surface area contributed by atoms with Gasteiger partial charge >= 0.3 is 0 Å². The smallest absolute Gasteiger partial charge is 0.274 e. The number of aryl methyl sites for hydroxylation is 1. The highest BCUT2D eigenvalue weighted by Crippen LogP contribution is 2.23. The number of amides is 1. The van der Waals surface area contributed by atoms with E-state index in [1.165, 1.54) is 6.20 Å². The molecule has 3 N–H and O–H groups in total. The lowest BCUT2D eigenvalue weighted by Gasteiger charge is -2.35. The molecule has 0 aliphatic carbocycles. The van der Waals surface area contributed by atoms with Crippen molar-refractivity contribution in [3.8, 4) is 0 Å². The lowest BCUT2D eigenvalue weighted by molar-refractivity contribution is -0.00231. The van der Waals surface area contributed by atoms with E-state index in [1.54, 1.807) is 16.5 Å². The molecule has 6 heteroatoms. The quantitative estimate of drug-likeness (QED) is 0.801. The summed E-state index contributed by atoms with van der Waals surface area (Å²) < 4.78 is 1.62. The molecule has 100 valence electrons. The molecule has 0 spiro atoms. The molecule has 0 aromatic carbocycles. The molecule has 1 saturated heterocycles. The van der Waals surface area contributed by atoms with Crippen LogP contribution in [0.2, 0.25) is 0 Å². The van der Waals surface area contributed by atoms with Gasteiger partial charge in [0.2, 0.25) is 0 Å². The molecule has 2 rings (SSSR count). The summed E-state index contributed by atoms with van der Waals surface area (Å²) in [6.07, 6.45) is 2.70. The van der Waals surface area contributed by atoms with Crippen molar-refractivity contribution in [1.82, 2.24) is 14.7 Å². The van der Waals surface area contributed by atoms with Crippen LogP contribution in [-0.2, 0) is 6.54 Å². The fraction of sp³-hybridized carbons (Fsp3) is 0.667. The summed E-state index contributed by atoms with van der Waals surface area (Å²) in [5, 5.41) is 14.0. The Hall–Kier alpha value is -1.56. The van der Waals surface area contributed by atoms with Crippen molar-refractivity contribution in [2.24, 2.45) is 0 Å². The number of hydrogen-bond donors (Lipinski definition) is 2. The third-order valence-corrected chi connectivity index (χ3v) is 3.50. The Labute approximate surface area is 106 Å². The SMILES string of the molecule is CCn1ncc(N)c1C(=O)N1CCC(C)(O)CC1. The maximum Gasteiger partial charge on any atom is 0.274 e. The number of likely N-dealkylation sites (tertiary alicyclic amines) is 1. The van der Waals surface area contributed by atoms with Crippen LogP contribution in [-0.4, -0.2) is 44.4 Å². The number of hydrogen-bond acceptors (Lipinski definition) is 4. The molecule has 1 aliphatic heterocycles. The highest BCUT2D eigenvalue weighted by molar-refractivity contribution is 5.97. The van der Waals surface area contributed by atoms with Crippen LogP contribution in [0.5, 0.6) is 0 Å². The van der Waals surface area contributed by atoms with Crippen molar-refractivity contribution in [1.29, 1.82) is 0 Å². The number of nitrogen functional groups attached to an aromatic ring is 1. The highest BCUT2D eigenvalue weighted by atomic mass is 16.3. The minimum Gasteiger partial charge on any atom is -0.396 e. The topological polar surface area (TPSA) is 84.4 Å². The molecule has 1 amide bonds. The van der Waals surface area contributed by atoms with Gasteiger partial charge in [0.1, 0.15) is 5.69 Å². The Morgan fingerprint density at radius 3 is 2.72 bits per heavy atom. The number of aliphatic hydroxyl groups is 1. The predicted molar refractivity (Wildman–Crippen MR) is 68.1 cm³/mol. The van der Waals surface area contributed by atoms with Crippen molar-refractivity contribution in [2.45, 2.75) is 38.8 Å². The van der Waals surface area contributed by atoms with E-state index in [4.69, 9.17) is 5.73 Å². The lowest BCUT2D eigenvalue weighted by atomic mass is 9.94. The van der Waals surface area contributed by atoms with E-state index in [1.807, 2.05) is 6.92 Å². The van der Waals surface area contributed by atoms with Crippen molar-refractivity contribution < 1.29 is 9.90 Å². The number of aromatic nitrogens is 2. The van der Waals surface area contributed by atoms with Crippen molar-refractivity contribution in [3.05, 3.63) is 11.9 Å². The van der Waals surface area contributed by atoms with Crippen molar-refractivity contribution >= 4 is 11.6 Å². The Morgan fingerprint density at radius 1 is 1.56 bits per heavy atom. The number of carbonyl (C=O) groups excluding carboxylic acids is 1. The van der Waals surface area contributed by atoms with Gasteiger partial charge in [0.05, 0.1) is 17.5 Å². The molecule has 0 atom stereocenters. The van der Waals surface area contributed by atoms with Gasteiger partial charge in [-0.15, -0.1) is 0 Å². The van der Waals surface area contributed by atoms with Gasteiger partial charge in [-0.1, -0.05) is 0 Å². The zero-order valence-corrected chi connectivity index (χ0v) is 10.9. The molecule has 1 fully saturated rings. The van der Waals surface area contributed by atoms with Crippen LogP contribution in [0.25, 0.3) is 0 Å². The molecule has 18 heavy (non-hydrogen) atoms. The third kappa shape index (κ3) is 2.33. The second-order valence-corrected chi connectivity index (χ2v) is 5.05. The van der Waals surface area contributed by atoms with Gasteiger partial charge < -0.3 is 15.7 Å². The Balaban J connectivity index is 2.15. The molecule has 0 bridgehead atoms. The summed E-state index contributed by atoms with van der Waals surface area (Å²) in [6, 6.07) is 0. The van der Waals surface area contributed by atoms with Crippen molar-refractivity contribution in [3.63, 3.8) is 0 Å². The molecule has 0 unspecified atom stereocenters. The summed E-state index contributed by atoms with van der Waals surface area (Å²) in [4.78, 5) is 14.1. The van der Waals surface area contributed by atoms with E-state index in [0.29, 0.717) is 43.9 Å². The largest absolute Gasteiger partial charge is 0.396 e. The second-order valence-electron chi connectivity index (χ2n) is 5.05. The van der Waals surface area contributed by atoms with Crippen LogP contribution in [0.3, 0.4) is 0 Å². The summed E-state index contributed by atoms with van der Waals surface area (Å²) in [7, 11) is 0. The van der Waals surface area contributed by atoms with Gasteiger partial charge in [0, 0.05) is 19.6 Å². The Kier molecular flexibility index (Phi) is 3.30. The standard InChI is InChI=1S/C12H20N4O2/c1-3-16-10(9(13)8-14-16)11(17)15-6-4-12(2,18)5-7-15/h8,18H,3-7,13H2,1-2H3. The fourth-order valence-corrected chi connectivity index (χ4v) is 2.21. The number of anilines is 1. The first-order chi connectivity index (χ1) is 8.44. The van der Waals surface area contributed by atoms with E-state index in [0.717, 1.165) is 0 Å². The molecular weight excluding hydrogens is 232 g/mol. The summed E-state index contributed by atoms with van der Waals surface area (Å²) >= 11 is 0. The number of nitrogens with zero attached hydrogens (tertiary/aromatic N) is 3. The van der Waals surface area contributed by atoms with E-state index in [9.17, 15) is 9.90 Å². The average Bonchev–Trinajstić information content (AvgIpc) is 2.69. The first kappa shape index (κ1) is 12.9. The average molecular weight is 252 g/mol. The van der Waals surface area contributed by atoms with Gasteiger partial charge in [-0.2, -0.15) is 5.10 Å². The summed E-state index contributed by atoms with van der Waals surface area (Å²) in [5.41, 5.74) is 6.01. The summed E-state index contributed by atoms with van der Waals surface area (Å²) in [5.74, 6) is -0.0950. The zero-order valence-electron chi connectivity index (χ0n) is 10.9. The minimum absolute atomic E-state index is 0.0950. The molecule has 1 aromatic rings. The van der Waals surface area contributed by atoms with Gasteiger partial charge in [0.25, 0.3) is 5.91 Å². The normalized spacial score (nSPS) is 18.9. The number of carbonyl (C=O) groups is 1. The molecule has 1 aliphatic rings. The highest BCUT2D eigenvalue weighted by Gasteiger charge is 2.31. The van der Waals surface area contributed by atoms with Crippen LogP contribution in [0.1, 0.15) is 37.2 Å². The minimum atomic E-state index is -0.659. The monoisotopic (exact) mass is 252 g/mol. The molecule has 1 aromatic heterocycles. The van der Waals surface area contributed by atoms with Crippen LogP contribution in [0.4, 0.5) is 5.69 Å². The number of rotatable bonds is 2. The molecule has 6 nitrogen and oxygen atoms in total. The summed E-state index contributed by atoms with van der Waals surface area (Å²) in [6.45, 7) is 5.45. The zero-order chi connectivity index (χ0) is 13.3. The molecule has 2 heterocycles. The van der Waals surface area contributed by atoms with E-state index in [2.05, 4.69) is 5.10 Å². The van der Waals surface area contributed by atoms with Gasteiger partial charge in [-0.25, -0.2) is 0 Å². The van der Waals surface area contributed by atoms with Gasteiger partial charge in [-0.3, -0.25) is 9.48 Å². The number of piperidine rings is 1. The third-order valence-electron chi connectivity index (χ3n) is 3.50. The lowest BCUT2D eigenvalue weighted by Crippen LogP contribution is -2.45. The van der Waals surface area contributed by atoms with E-state index in [-0.39, 0.29) is 5.91 Å². The van der Waals surface area contributed by atoms with E-state index < -0.39 is 5.60 Å². The molecular formula is C12H20N4O2. The van der Waals surface area contributed by atoms with Gasteiger partial charge in [-0.05, 0) is 26.7 Å². The maximum atomic E-state index is 12.4. The van der Waals surface area contributed by atoms with Crippen molar-refractivity contribution in [2.75, 3.05) is 18.8 Å². The molecule has 0 saturated carbocycles. The van der Waals surface area contributed by atoms with Crippen LogP contribution >= 0.6 is 0 Å². The second kappa shape index (κ2) is 4.61. The van der Waals surface area contributed by atoms with Crippen LogP contribution < -0.4 is 5.73 Å². The predicted octanol–water partition coefficient (Wildman–Crippen LogP) is 0.472. The van der Waals surface area contributed by atoms with Crippen LogP contribution in [0.15, 0.2) is 6.20 Å². The first-order valence-electron chi connectivity index (χ1n) is 6.27. The Morgan fingerprint density at radius 2 is 2.17 bits per heavy atom. The fourth-order valence-electron chi connectivity index (χ4n) is 2.21. The maximum absolute atomic E-state index is 12.4.